The third-order valence-electron chi connectivity index (χ3n) is 2.40. The fourth-order valence-corrected chi connectivity index (χ4v) is 2.98. The second-order valence-corrected chi connectivity index (χ2v) is 5.84. The van der Waals surface area contributed by atoms with Gasteiger partial charge < -0.3 is 0 Å². The first-order valence-electron chi connectivity index (χ1n) is 5.00. The van der Waals surface area contributed by atoms with Crippen LogP contribution >= 0.6 is 19.3 Å². The lowest BCUT2D eigenvalue weighted by atomic mass is 10.1. The van der Waals surface area contributed by atoms with Gasteiger partial charge in [-0.3, -0.25) is 9.05 Å². The third-order valence-corrected chi connectivity index (χ3v) is 4.24. The summed E-state index contributed by atoms with van der Waals surface area (Å²) >= 11 is 5.90. The Labute approximate surface area is 99.5 Å². The molecule has 4 nitrogen and oxygen atoms in total. The number of hydrogen-bond acceptors (Lipinski definition) is 3. The van der Waals surface area contributed by atoms with Crippen molar-refractivity contribution in [2.75, 3.05) is 13.7 Å². The topological polar surface area (TPSA) is 47.6 Å². The van der Waals surface area contributed by atoms with Crippen LogP contribution < -0.4 is 5.09 Å². The summed E-state index contributed by atoms with van der Waals surface area (Å²) in [5.74, 6) is 0. The van der Waals surface area contributed by atoms with Crippen LogP contribution in [0, 0.1) is 0 Å². The van der Waals surface area contributed by atoms with E-state index in [2.05, 4.69) is 5.09 Å². The second-order valence-electron chi connectivity index (χ2n) is 3.49. The van der Waals surface area contributed by atoms with Gasteiger partial charge in [-0.25, -0.2) is 9.65 Å². The van der Waals surface area contributed by atoms with Gasteiger partial charge in [-0.15, -0.1) is 0 Å². The second kappa shape index (κ2) is 4.86. The van der Waals surface area contributed by atoms with Crippen LogP contribution in [0.5, 0.6) is 0 Å². The number of hydrogen-bond donors (Lipinski definition) is 1. The molecule has 0 aromatic heterocycles. The van der Waals surface area contributed by atoms with Crippen LogP contribution in [0.2, 0.25) is 5.02 Å². The van der Waals surface area contributed by atoms with Crippen LogP contribution in [0.4, 0.5) is 0 Å². The van der Waals surface area contributed by atoms with Gasteiger partial charge in [0.05, 0.1) is 12.7 Å². The SMILES string of the molecule is CNP1(=O)OCCC(c2cccc(Cl)c2)O1. The molecule has 6 heteroatoms. The van der Waals surface area contributed by atoms with Crippen molar-refractivity contribution in [3.8, 4) is 0 Å². The highest BCUT2D eigenvalue weighted by Crippen LogP contribution is 2.52. The fraction of sp³-hybridized carbons (Fsp3) is 0.400. The Bertz CT molecular complexity index is 426. The minimum absolute atomic E-state index is 0.231. The Hall–Kier alpha value is -0.380. The molecule has 0 radical (unpaired) electrons. The highest BCUT2D eigenvalue weighted by atomic mass is 35.5. The molecule has 1 heterocycles. The summed E-state index contributed by atoms with van der Waals surface area (Å²) < 4.78 is 22.4. The minimum Gasteiger partial charge on any atom is -0.297 e. The van der Waals surface area contributed by atoms with Crippen molar-refractivity contribution in [2.24, 2.45) is 0 Å². The van der Waals surface area contributed by atoms with Gasteiger partial charge >= 0.3 is 7.75 Å². The third kappa shape index (κ3) is 2.65. The molecule has 0 spiro atoms. The number of halogens is 1. The molecule has 1 aromatic rings. The van der Waals surface area contributed by atoms with E-state index < -0.39 is 7.75 Å². The van der Waals surface area contributed by atoms with E-state index in [0.29, 0.717) is 18.1 Å². The molecular weight excluding hydrogens is 249 g/mol. The molecule has 2 rings (SSSR count). The molecule has 0 amide bonds. The van der Waals surface area contributed by atoms with Crippen molar-refractivity contribution >= 4 is 19.3 Å². The predicted octanol–water partition coefficient (Wildman–Crippen LogP) is 3.15. The average molecular weight is 262 g/mol. The zero-order valence-electron chi connectivity index (χ0n) is 8.85. The first-order chi connectivity index (χ1) is 7.63. The Morgan fingerprint density at radius 1 is 1.56 bits per heavy atom. The number of benzene rings is 1. The van der Waals surface area contributed by atoms with E-state index in [1.807, 2.05) is 18.2 Å². The molecular formula is C10H13ClNO3P. The summed E-state index contributed by atoms with van der Waals surface area (Å²) in [5.41, 5.74) is 0.922. The van der Waals surface area contributed by atoms with Crippen LogP contribution in [-0.2, 0) is 13.6 Å². The van der Waals surface area contributed by atoms with Crippen molar-refractivity contribution in [1.29, 1.82) is 0 Å². The molecule has 88 valence electrons. The first-order valence-corrected chi connectivity index (χ1v) is 6.92. The van der Waals surface area contributed by atoms with E-state index in [9.17, 15) is 4.57 Å². The summed E-state index contributed by atoms with van der Waals surface area (Å²) in [6.07, 6.45) is 0.442. The van der Waals surface area contributed by atoms with Crippen molar-refractivity contribution in [2.45, 2.75) is 12.5 Å². The van der Waals surface area contributed by atoms with Gasteiger partial charge in [0.15, 0.2) is 0 Å². The van der Waals surface area contributed by atoms with Crippen LogP contribution in [0.3, 0.4) is 0 Å². The van der Waals surface area contributed by atoms with Crippen LogP contribution in [0.1, 0.15) is 18.1 Å². The summed E-state index contributed by atoms with van der Waals surface area (Å²) in [5, 5.41) is 3.22. The lowest BCUT2D eigenvalue weighted by molar-refractivity contribution is 0.0769. The molecule has 1 N–H and O–H groups in total. The highest BCUT2D eigenvalue weighted by molar-refractivity contribution is 7.51. The Balaban J connectivity index is 2.19. The predicted molar refractivity (Wildman–Crippen MR) is 62.5 cm³/mol. The molecule has 1 aliphatic rings. The van der Waals surface area contributed by atoms with E-state index in [0.717, 1.165) is 5.56 Å². The van der Waals surface area contributed by atoms with Gasteiger partial charge in [0.25, 0.3) is 0 Å². The van der Waals surface area contributed by atoms with Crippen molar-refractivity contribution in [1.82, 2.24) is 5.09 Å². The van der Waals surface area contributed by atoms with E-state index in [1.54, 1.807) is 13.1 Å². The van der Waals surface area contributed by atoms with Gasteiger partial charge in [0.2, 0.25) is 0 Å². The summed E-state index contributed by atoms with van der Waals surface area (Å²) in [4.78, 5) is 0. The molecule has 0 aliphatic carbocycles. The fourth-order valence-electron chi connectivity index (χ4n) is 1.58. The maximum Gasteiger partial charge on any atom is 0.405 e. The van der Waals surface area contributed by atoms with Crippen LogP contribution in [0.25, 0.3) is 0 Å². The smallest absolute Gasteiger partial charge is 0.297 e. The monoisotopic (exact) mass is 261 g/mol. The van der Waals surface area contributed by atoms with Crippen LogP contribution in [0.15, 0.2) is 24.3 Å². The van der Waals surface area contributed by atoms with Gasteiger partial charge in [-0.05, 0) is 24.7 Å². The molecule has 16 heavy (non-hydrogen) atoms. The van der Waals surface area contributed by atoms with Gasteiger partial charge in [-0.2, -0.15) is 0 Å². The molecule has 1 aromatic carbocycles. The molecule has 2 unspecified atom stereocenters. The largest absolute Gasteiger partial charge is 0.405 e. The lowest BCUT2D eigenvalue weighted by Crippen LogP contribution is -2.20. The quantitative estimate of drug-likeness (QED) is 0.831. The molecule has 2 atom stereocenters. The zero-order valence-corrected chi connectivity index (χ0v) is 10.5. The number of rotatable bonds is 2. The summed E-state index contributed by atoms with van der Waals surface area (Å²) in [6.45, 7) is 0.412. The molecule has 1 aliphatic heterocycles. The van der Waals surface area contributed by atoms with E-state index >= 15 is 0 Å². The Morgan fingerprint density at radius 3 is 3.06 bits per heavy atom. The molecule has 0 bridgehead atoms. The van der Waals surface area contributed by atoms with Crippen molar-refractivity contribution in [3.05, 3.63) is 34.9 Å². The average Bonchev–Trinajstić information content (AvgIpc) is 2.29. The van der Waals surface area contributed by atoms with Gasteiger partial charge in [0, 0.05) is 11.4 Å². The van der Waals surface area contributed by atoms with Gasteiger partial charge in [-0.1, -0.05) is 23.7 Å². The standard InChI is InChI=1S/C10H13ClNO3P/c1-12-16(13)14-6-5-10(15-16)8-3-2-4-9(11)7-8/h2-4,7,10H,5-6H2,1H3,(H,12,13). The zero-order chi connectivity index (χ0) is 11.6. The van der Waals surface area contributed by atoms with Crippen molar-refractivity contribution in [3.63, 3.8) is 0 Å². The first kappa shape index (κ1) is 12.1. The highest BCUT2D eigenvalue weighted by Gasteiger charge is 2.32. The minimum atomic E-state index is -3.12. The maximum absolute atomic E-state index is 11.9. The van der Waals surface area contributed by atoms with E-state index in [-0.39, 0.29) is 6.10 Å². The van der Waals surface area contributed by atoms with Gasteiger partial charge in [0.1, 0.15) is 0 Å². The maximum atomic E-state index is 11.9. The molecule has 0 saturated carbocycles. The lowest BCUT2D eigenvalue weighted by Gasteiger charge is -2.29. The van der Waals surface area contributed by atoms with E-state index in [4.69, 9.17) is 20.6 Å². The molecule has 1 fully saturated rings. The van der Waals surface area contributed by atoms with Crippen molar-refractivity contribution < 1.29 is 13.6 Å². The Morgan fingerprint density at radius 2 is 2.38 bits per heavy atom. The summed E-state index contributed by atoms with van der Waals surface area (Å²) in [6, 6.07) is 7.36. The van der Waals surface area contributed by atoms with E-state index in [1.165, 1.54) is 0 Å². The number of nitrogens with one attached hydrogen (secondary N) is 1. The molecule has 1 saturated heterocycles. The Kier molecular flexibility index (Phi) is 3.67. The van der Waals surface area contributed by atoms with Crippen LogP contribution in [-0.4, -0.2) is 13.7 Å². The normalized spacial score (nSPS) is 30.2. The summed E-state index contributed by atoms with van der Waals surface area (Å²) in [7, 11) is -1.57.